The molecule has 0 spiro atoms. The van der Waals surface area contributed by atoms with Crippen LogP contribution in [0.2, 0.25) is 5.15 Å². The van der Waals surface area contributed by atoms with Crippen LogP contribution in [0.25, 0.3) is 0 Å². The van der Waals surface area contributed by atoms with Crippen LogP contribution in [0.4, 0.5) is 0 Å². The third-order valence-corrected chi connectivity index (χ3v) is 2.84. The summed E-state index contributed by atoms with van der Waals surface area (Å²) < 4.78 is 3.34. The highest BCUT2D eigenvalue weighted by Gasteiger charge is 2.09. The third-order valence-electron chi connectivity index (χ3n) is 2.65. The summed E-state index contributed by atoms with van der Waals surface area (Å²) >= 11 is 5.70. The minimum atomic E-state index is -0.192. The van der Waals surface area contributed by atoms with E-state index in [4.69, 9.17) is 11.6 Å². The van der Waals surface area contributed by atoms with Crippen molar-refractivity contribution in [2.45, 2.75) is 20.4 Å². The second-order valence-corrected chi connectivity index (χ2v) is 4.16. The standard InChI is InChI=1S/C10H12ClN5O/c1-6-12-8(11)4-10(17)16(6)5-9-14-13-7(2)15(9)3/h4H,5H2,1-3H3. The number of nitrogens with zero attached hydrogens (tertiary/aromatic N) is 5. The lowest BCUT2D eigenvalue weighted by atomic mass is 10.4. The van der Waals surface area contributed by atoms with Crippen LogP contribution in [0.5, 0.6) is 0 Å². The van der Waals surface area contributed by atoms with Gasteiger partial charge in [-0.1, -0.05) is 11.6 Å². The Bertz CT molecular complexity index is 616. The molecule has 0 saturated carbocycles. The zero-order valence-electron chi connectivity index (χ0n) is 9.81. The molecule has 0 aromatic carbocycles. The minimum Gasteiger partial charge on any atom is -0.317 e. The fourth-order valence-corrected chi connectivity index (χ4v) is 1.72. The molecule has 0 radical (unpaired) electrons. The third kappa shape index (κ3) is 2.21. The Morgan fingerprint density at radius 1 is 1.29 bits per heavy atom. The van der Waals surface area contributed by atoms with Crippen LogP contribution >= 0.6 is 11.6 Å². The second-order valence-electron chi connectivity index (χ2n) is 3.77. The van der Waals surface area contributed by atoms with Crippen LogP contribution in [0.15, 0.2) is 10.9 Å². The molecule has 17 heavy (non-hydrogen) atoms. The van der Waals surface area contributed by atoms with Gasteiger partial charge in [0.25, 0.3) is 5.56 Å². The largest absolute Gasteiger partial charge is 0.317 e. The first kappa shape index (κ1) is 11.8. The van der Waals surface area contributed by atoms with Gasteiger partial charge in [-0.25, -0.2) is 4.98 Å². The lowest BCUT2D eigenvalue weighted by Gasteiger charge is -2.08. The maximum atomic E-state index is 11.8. The lowest BCUT2D eigenvalue weighted by Crippen LogP contribution is -2.24. The van der Waals surface area contributed by atoms with Crippen LogP contribution in [0.3, 0.4) is 0 Å². The van der Waals surface area contributed by atoms with E-state index in [-0.39, 0.29) is 10.7 Å². The molecule has 7 heteroatoms. The van der Waals surface area contributed by atoms with Gasteiger partial charge in [-0.3, -0.25) is 9.36 Å². The predicted molar refractivity (Wildman–Crippen MR) is 63.1 cm³/mol. The Labute approximate surface area is 103 Å². The van der Waals surface area contributed by atoms with Crippen molar-refractivity contribution in [2.24, 2.45) is 7.05 Å². The van der Waals surface area contributed by atoms with Crippen molar-refractivity contribution in [1.82, 2.24) is 24.3 Å². The zero-order chi connectivity index (χ0) is 12.6. The molecule has 0 aliphatic heterocycles. The topological polar surface area (TPSA) is 65.6 Å². The summed E-state index contributed by atoms with van der Waals surface area (Å²) in [7, 11) is 1.86. The molecule has 0 saturated heterocycles. The molecule has 6 nitrogen and oxygen atoms in total. The van der Waals surface area contributed by atoms with Gasteiger partial charge in [0.2, 0.25) is 0 Å². The molecule has 0 aliphatic rings. The lowest BCUT2D eigenvalue weighted by molar-refractivity contribution is 0.639. The molecule has 2 aromatic heterocycles. The highest BCUT2D eigenvalue weighted by molar-refractivity contribution is 6.29. The number of hydrogen-bond donors (Lipinski definition) is 0. The van der Waals surface area contributed by atoms with E-state index in [2.05, 4.69) is 15.2 Å². The molecule has 2 aromatic rings. The summed E-state index contributed by atoms with van der Waals surface area (Å²) in [5.41, 5.74) is -0.192. The van der Waals surface area contributed by atoms with Crippen molar-refractivity contribution in [1.29, 1.82) is 0 Å². The first-order chi connectivity index (χ1) is 7.99. The van der Waals surface area contributed by atoms with Gasteiger partial charge in [0.1, 0.15) is 16.8 Å². The van der Waals surface area contributed by atoms with E-state index >= 15 is 0 Å². The monoisotopic (exact) mass is 253 g/mol. The fraction of sp³-hybridized carbons (Fsp3) is 0.400. The molecule has 0 atom stereocenters. The van der Waals surface area contributed by atoms with E-state index in [1.165, 1.54) is 10.6 Å². The van der Waals surface area contributed by atoms with Crippen LogP contribution in [-0.2, 0) is 13.6 Å². The van der Waals surface area contributed by atoms with Crippen molar-refractivity contribution in [2.75, 3.05) is 0 Å². The first-order valence-electron chi connectivity index (χ1n) is 5.08. The highest BCUT2D eigenvalue weighted by atomic mass is 35.5. The van der Waals surface area contributed by atoms with E-state index < -0.39 is 0 Å². The Kier molecular flexibility index (Phi) is 2.97. The molecule has 0 N–H and O–H groups in total. The smallest absolute Gasteiger partial charge is 0.255 e. The van der Waals surface area contributed by atoms with Crippen LogP contribution < -0.4 is 5.56 Å². The molecule has 2 rings (SSSR count). The highest BCUT2D eigenvalue weighted by Crippen LogP contribution is 2.04. The van der Waals surface area contributed by atoms with Crippen LogP contribution in [0.1, 0.15) is 17.5 Å². The molecular formula is C10H12ClN5O. The summed E-state index contributed by atoms with van der Waals surface area (Å²) in [6, 6.07) is 1.29. The average Bonchev–Trinajstić information content (AvgIpc) is 2.54. The van der Waals surface area contributed by atoms with Gasteiger partial charge >= 0.3 is 0 Å². The number of aromatic nitrogens is 5. The Morgan fingerprint density at radius 3 is 2.53 bits per heavy atom. The van der Waals surface area contributed by atoms with E-state index in [1.807, 2.05) is 18.5 Å². The molecule has 0 unspecified atom stereocenters. The van der Waals surface area contributed by atoms with Crippen LogP contribution in [0, 0.1) is 13.8 Å². The summed E-state index contributed by atoms with van der Waals surface area (Å²) in [4.78, 5) is 15.8. The van der Waals surface area contributed by atoms with Gasteiger partial charge in [0.15, 0.2) is 5.82 Å². The quantitative estimate of drug-likeness (QED) is 0.739. The van der Waals surface area contributed by atoms with E-state index in [0.717, 1.165) is 5.82 Å². The second kappa shape index (κ2) is 4.29. The maximum absolute atomic E-state index is 11.8. The SMILES string of the molecule is Cc1nnc(Cn2c(C)nc(Cl)cc2=O)n1C. The maximum Gasteiger partial charge on any atom is 0.255 e. The average molecular weight is 254 g/mol. The zero-order valence-corrected chi connectivity index (χ0v) is 10.6. The number of hydrogen-bond acceptors (Lipinski definition) is 4. The Balaban J connectivity index is 2.43. The number of halogens is 1. The number of aryl methyl sites for hydroxylation is 2. The summed E-state index contributed by atoms with van der Waals surface area (Å²) in [6.07, 6.45) is 0. The van der Waals surface area contributed by atoms with E-state index in [9.17, 15) is 4.79 Å². The summed E-state index contributed by atoms with van der Waals surface area (Å²) in [5.74, 6) is 2.06. The van der Waals surface area contributed by atoms with E-state index in [1.54, 1.807) is 6.92 Å². The predicted octanol–water partition coefficient (Wildman–Crippen LogP) is 0.690. The van der Waals surface area contributed by atoms with Crippen LogP contribution in [-0.4, -0.2) is 24.3 Å². The van der Waals surface area contributed by atoms with Gasteiger partial charge in [-0.05, 0) is 13.8 Å². The van der Waals surface area contributed by atoms with Gasteiger partial charge in [0.05, 0.1) is 6.54 Å². The molecule has 0 amide bonds. The fourth-order valence-electron chi connectivity index (χ4n) is 1.51. The van der Waals surface area contributed by atoms with Crippen molar-refractivity contribution in [3.63, 3.8) is 0 Å². The van der Waals surface area contributed by atoms with Gasteiger partial charge in [0, 0.05) is 13.1 Å². The van der Waals surface area contributed by atoms with Gasteiger partial charge in [-0.2, -0.15) is 0 Å². The number of rotatable bonds is 2. The van der Waals surface area contributed by atoms with E-state index in [0.29, 0.717) is 18.2 Å². The first-order valence-corrected chi connectivity index (χ1v) is 5.45. The molecular weight excluding hydrogens is 242 g/mol. The molecule has 0 fully saturated rings. The van der Waals surface area contributed by atoms with Gasteiger partial charge in [-0.15, -0.1) is 10.2 Å². The molecule has 0 bridgehead atoms. The van der Waals surface area contributed by atoms with Crippen molar-refractivity contribution < 1.29 is 0 Å². The molecule has 0 aliphatic carbocycles. The van der Waals surface area contributed by atoms with Crippen molar-refractivity contribution >= 4 is 11.6 Å². The summed E-state index contributed by atoms with van der Waals surface area (Å²) in [5, 5.41) is 8.15. The minimum absolute atomic E-state index is 0.192. The normalized spacial score (nSPS) is 10.8. The summed E-state index contributed by atoms with van der Waals surface area (Å²) in [6.45, 7) is 3.93. The van der Waals surface area contributed by atoms with Crippen molar-refractivity contribution in [3.8, 4) is 0 Å². The van der Waals surface area contributed by atoms with Crippen molar-refractivity contribution in [3.05, 3.63) is 39.0 Å². The molecule has 2 heterocycles. The Morgan fingerprint density at radius 2 is 2.00 bits per heavy atom. The van der Waals surface area contributed by atoms with Gasteiger partial charge < -0.3 is 4.57 Å². The molecule has 90 valence electrons. The Hall–Kier alpha value is -1.69.